The molecule has 0 unspecified atom stereocenters. The molecule has 3 aromatic heterocycles. The predicted molar refractivity (Wildman–Crippen MR) is 124 cm³/mol. The summed E-state index contributed by atoms with van der Waals surface area (Å²) >= 11 is 1.53. The zero-order valence-corrected chi connectivity index (χ0v) is 18.9. The molecule has 0 bridgehead atoms. The number of aliphatic hydroxyl groups is 3. The van der Waals surface area contributed by atoms with Gasteiger partial charge in [0.2, 0.25) is 5.95 Å². The molecule has 170 valence electrons. The molecule has 3 heterocycles. The highest BCUT2D eigenvalue weighted by Crippen LogP contribution is 2.40. The predicted octanol–water partition coefficient (Wildman–Crippen LogP) is 2.18. The molecule has 2 aliphatic carbocycles. The van der Waals surface area contributed by atoms with E-state index in [4.69, 9.17) is 9.97 Å². The van der Waals surface area contributed by atoms with Gasteiger partial charge in [-0.25, -0.2) is 9.97 Å². The molecule has 2 aliphatic rings. The van der Waals surface area contributed by atoms with Crippen LogP contribution in [0.2, 0.25) is 0 Å². The molecule has 0 saturated heterocycles. The average molecular weight is 457 g/mol. The van der Waals surface area contributed by atoms with Crippen molar-refractivity contribution in [2.75, 3.05) is 23.8 Å². The van der Waals surface area contributed by atoms with E-state index in [-0.39, 0.29) is 6.61 Å². The van der Waals surface area contributed by atoms with Crippen LogP contribution in [-0.2, 0) is 0 Å². The summed E-state index contributed by atoms with van der Waals surface area (Å²) in [6, 6.07) is 1.44. The van der Waals surface area contributed by atoms with Crippen molar-refractivity contribution in [1.82, 2.24) is 19.9 Å². The van der Waals surface area contributed by atoms with Crippen LogP contribution >= 0.6 is 11.3 Å². The number of aromatic nitrogens is 4. The summed E-state index contributed by atoms with van der Waals surface area (Å²) in [5.41, 5.74) is 0.922. The highest BCUT2D eigenvalue weighted by molar-refractivity contribution is 7.21. The second kappa shape index (κ2) is 8.18. The third-order valence-electron chi connectivity index (χ3n) is 6.57. The van der Waals surface area contributed by atoms with Crippen LogP contribution in [0, 0.1) is 18.8 Å². The lowest BCUT2D eigenvalue weighted by atomic mass is 9.96. The van der Waals surface area contributed by atoms with Crippen LogP contribution in [0.5, 0.6) is 0 Å². The van der Waals surface area contributed by atoms with E-state index in [0.29, 0.717) is 24.1 Å². The van der Waals surface area contributed by atoms with E-state index in [1.165, 1.54) is 24.2 Å². The number of aliphatic hydroxyl groups excluding tert-OH is 2. The van der Waals surface area contributed by atoms with E-state index >= 15 is 0 Å². The van der Waals surface area contributed by atoms with Gasteiger partial charge in [-0.1, -0.05) is 0 Å². The molecule has 2 saturated carbocycles. The molecular weight excluding hydrogens is 428 g/mol. The fourth-order valence-corrected chi connectivity index (χ4v) is 5.39. The van der Waals surface area contributed by atoms with Crippen LogP contribution in [0.1, 0.15) is 31.9 Å². The van der Waals surface area contributed by atoms with Gasteiger partial charge in [-0.15, -0.1) is 11.3 Å². The Balaban J connectivity index is 1.54. The molecule has 5 N–H and O–H groups in total. The Morgan fingerprint density at radius 2 is 2.06 bits per heavy atom. The van der Waals surface area contributed by atoms with Crippen molar-refractivity contribution in [2.24, 2.45) is 11.8 Å². The van der Waals surface area contributed by atoms with Gasteiger partial charge in [0.05, 0.1) is 34.3 Å². The molecule has 4 atom stereocenters. The number of hydrogen-bond acceptors (Lipinski definition) is 10. The number of fused-ring (bicyclic) bond motifs is 1. The van der Waals surface area contributed by atoms with E-state index in [1.807, 2.05) is 13.0 Å². The van der Waals surface area contributed by atoms with Crippen molar-refractivity contribution in [3.63, 3.8) is 0 Å². The molecule has 3 aromatic rings. The molecule has 10 heteroatoms. The molecule has 9 nitrogen and oxygen atoms in total. The first-order valence-corrected chi connectivity index (χ1v) is 11.8. The number of anilines is 2. The molecule has 2 fully saturated rings. The number of nitrogens with zero attached hydrogens (tertiary/aromatic N) is 4. The molecule has 5 rings (SSSR count). The minimum atomic E-state index is -1.41. The molecule has 32 heavy (non-hydrogen) atoms. The summed E-state index contributed by atoms with van der Waals surface area (Å²) in [7, 11) is 0. The molecule has 0 radical (unpaired) electrons. The number of nitrogens with one attached hydrogen (secondary N) is 2. The van der Waals surface area contributed by atoms with Crippen LogP contribution in [0.4, 0.5) is 11.8 Å². The maximum absolute atomic E-state index is 11.0. The van der Waals surface area contributed by atoms with Gasteiger partial charge in [0.25, 0.3) is 0 Å². The van der Waals surface area contributed by atoms with Gasteiger partial charge in [0.15, 0.2) is 0 Å². The standard InChI is InChI=1S/C22H28N6O3S/c1-11-17(20-26-14-9-23-6-5-15(14)32-20)19(28-21(25-11)24-8-12-3-4-12)27-16-7-13(10-29)18(30)22(16,2)31/h5-6,9,12-13,16,18,29-31H,3-4,7-8,10H2,1-2H3,(H2,24,25,27,28)/t13-,16-,18-,22+/m1/s1. The van der Waals surface area contributed by atoms with Crippen LogP contribution in [0.25, 0.3) is 20.8 Å². The van der Waals surface area contributed by atoms with E-state index in [2.05, 4.69) is 20.6 Å². The topological polar surface area (TPSA) is 136 Å². The number of aryl methyl sites for hydroxylation is 1. The zero-order chi connectivity index (χ0) is 22.5. The van der Waals surface area contributed by atoms with E-state index in [1.54, 1.807) is 19.3 Å². The number of pyridine rings is 1. The Kier molecular flexibility index (Phi) is 5.48. The molecule has 0 spiro atoms. The number of thiazole rings is 1. The first-order valence-electron chi connectivity index (χ1n) is 11.0. The quantitative estimate of drug-likeness (QED) is 0.362. The Hall–Kier alpha value is -2.40. The summed E-state index contributed by atoms with van der Waals surface area (Å²) in [4.78, 5) is 18.3. The van der Waals surface area contributed by atoms with Gasteiger partial charge in [-0.05, 0) is 45.1 Å². The van der Waals surface area contributed by atoms with Gasteiger partial charge >= 0.3 is 0 Å². The van der Waals surface area contributed by atoms with Crippen molar-refractivity contribution in [1.29, 1.82) is 0 Å². The van der Waals surface area contributed by atoms with Crippen molar-refractivity contribution in [2.45, 2.75) is 50.9 Å². The molecular formula is C22H28N6O3S. The normalized spacial score (nSPS) is 27.7. The first kappa shape index (κ1) is 21.4. The second-order valence-corrected chi connectivity index (χ2v) is 10.1. The Bertz CT molecular complexity index is 1100. The summed E-state index contributed by atoms with van der Waals surface area (Å²) in [5, 5.41) is 38.6. The molecule has 0 amide bonds. The lowest BCUT2D eigenvalue weighted by Crippen LogP contribution is -2.48. The lowest BCUT2D eigenvalue weighted by molar-refractivity contribution is -0.0647. The minimum Gasteiger partial charge on any atom is -0.396 e. The van der Waals surface area contributed by atoms with Gasteiger partial charge < -0.3 is 26.0 Å². The van der Waals surface area contributed by atoms with E-state index in [0.717, 1.165) is 33.0 Å². The van der Waals surface area contributed by atoms with Gasteiger partial charge in [-0.2, -0.15) is 4.98 Å². The zero-order valence-electron chi connectivity index (χ0n) is 18.1. The van der Waals surface area contributed by atoms with Crippen molar-refractivity contribution in [3.8, 4) is 10.6 Å². The van der Waals surface area contributed by atoms with Crippen LogP contribution in [-0.4, -0.2) is 66.2 Å². The first-order chi connectivity index (χ1) is 15.4. The molecule has 0 aromatic carbocycles. The smallest absolute Gasteiger partial charge is 0.224 e. The summed E-state index contributed by atoms with van der Waals surface area (Å²) in [6.45, 7) is 4.16. The maximum atomic E-state index is 11.0. The third-order valence-corrected chi connectivity index (χ3v) is 7.63. The number of rotatable bonds is 7. The third kappa shape index (κ3) is 3.92. The lowest BCUT2D eigenvalue weighted by Gasteiger charge is -2.30. The van der Waals surface area contributed by atoms with Crippen LogP contribution in [0.3, 0.4) is 0 Å². The van der Waals surface area contributed by atoms with Crippen LogP contribution in [0.15, 0.2) is 18.5 Å². The Morgan fingerprint density at radius 3 is 2.75 bits per heavy atom. The summed E-state index contributed by atoms with van der Waals surface area (Å²) < 4.78 is 1.01. The summed E-state index contributed by atoms with van der Waals surface area (Å²) in [5.74, 6) is 1.34. The van der Waals surface area contributed by atoms with E-state index in [9.17, 15) is 15.3 Å². The Morgan fingerprint density at radius 1 is 1.25 bits per heavy atom. The van der Waals surface area contributed by atoms with Crippen molar-refractivity contribution >= 4 is 33.3 Å². The summed E-state index contributed by atoms with van der Waals surface area (Å²) in [6.07, 6.45) is 5.30. The van der Waals surface area contributed by atoms with E-state index < -0.39 is 23.7 Å². The SMILES string of the molecule is Cc1nc(NCC2CC2)nc(N[C@@H]2C[C@H](CO)[C@@H](O)[C@@]2(C)O)c1-c1nc2cnccc2s1. The fourth-order valence-electron chi connectivity index (χ4n) is 4.36. The minimum absolute atomic E-state index is 0.190. The largest absolute Gasteiger partial charge is 0.396 e. The van der Waals surface area contributed by atoms with Gasteiger partial charge in [0.1, 0.15) is 21.9 Å². The highest BCUT2D eigenvalue weighted by Gasteiger charge is 2.50. The Labute approximate surface area is 190 Å². The second-order valence-electron chi connectivity index (χ2n) is 9.09. The van der Waals surface area contributed by atoms with Gasteiger partial charge in [0, 0.05) is 25.3 Å². The highest BCUT2D eigenvalue weighted by atomic mass is 32.1. The molecule has 0 aliphatic heterocycles. The number of hydrogen-bond donors (Lipinski definition) is 5. The average Bonchev–Trinajstić information content (AvgIpc) is 3.46. The monoisotopic (exact) mass is 456 g/mol. The fraction of sp³-hybridized carbons (Fsp3) is 0.545. The van der Waals surface area contributed by atoms with Gasteiger partial charge in [-0.3, -0.25) is 4.98 Å². The van der Waals surface area contributed by atoms with Crippen molar-refractivity contribution in [3.05, 3.63) is 24.2 Å². The van der Waals surface area contributed by atoms with Crippen molar-refractivity contribution < 1.29 is 15.3 Å². The maximum Gasteiger partial charge on any atom is 0.224 e. The van der Waals surface area contributed by atoms with Crippen LogP contribution < -0.4 is 10.6 Å².